The van der Waals surface area contributed by atoms with Gasteiger partial charge in [0.05, 0.1) is 11.1 Å². The smallest absolute Gasteiger partial charge is 0.404 e. The zero-order valence-electron chi connectivity index (χ0n) is 16.5. The maximum Gasteiger partial charge on any atom is 0.573 e. The van der Waals surface area contributed by atoms with Gasteiger partial charge in [0, 0.05) is 11.1 Å². The monoisotopic (exact) mass is 426 g/mol. The number of halogens is 5. The average Bonchev–Trinajstić information content (AvgIpc) is 2.66. The lowest BCUT2D eigenvalue weighted by Crippen LogP contribution is -2.17. The van der Waals surface area contributed by atoms with Crippen molar-refractivity contribution in [1.29, 1.82) is 0 Å². The molecule has 0 aromatic heterocycles. The Morgan fingerprint density at radius 1 is 0.677 bits per heavy atom. The molecule has 0 bridgehead atoms. The third-order valence-corrected chi connectivity index (χ3v) is 4.11. The fraction of sp³-hybridized carbons (Fsp3) is 0.120. The van der Waals surface area contributed by atoms with E-state index in [1.165, 1.54) is 24.3 Å². The molecule has 3 aromatic carbocycles. The summed E-state index contributed by atoms with van der Waals surface area (Å²) in [5.74, 6) is 8.75. The van der Waals surface area contributed by atoms with Gasteiger partial charge in [-0.1, -0.05) is 29.7 Å². The van der Waals surface area contributed by atoms with E-state index in [1.54, 1.807) is 44.2 Å². The van der Waals surface area contributed by atoms with Crippen molar-refractivity contribution in [3.8, 4) is 29.4 Å². The predicted molar refractivity (Wildman–Crippen MR) is 107 cm³/mol. The molecule has 3 rings (SSSR count). The van der Waals surface area contributed by atoms with Crippen molar-refractivity contribution >= 4 is 0 Å². The minimum absolute atomic E-state index is 0.0946. The molecule has 0 saturated carbocycles. The Balaban J connectivity index is 1.82. The van der Waals surface area contributed by atoms with E-state index < -0.39 is 18.0 Å². The Bertz CT molecular complexity index is 1210. The standard InChI is InChI=1S/C25H15F5O/c1-16-3-10-20(24(15-16)31-25(28,29)30)11-8-18-4-6-19(7-5-18)9-12-21-22(26)13-17(2)14-23(21)27/h3-7,10,13-15H,1-2H3. The van der Waals surface area contributed by atoms with Crippen molar-refractivity contribution in [2.75, 3.05) is 0 Å². The van der Waals surface area contributed by atoms with Gasteiger partial charge in [-0.15, -0.1) is 13.2 Å². The van der Waals surface area contributed by atoms with Gasteiger partial charge < -0.3 is 4.74 Å². The molecule has 0 spiro atoms. The van der Waals surface area contributed by atoms with Crippen LogP contribution in [-0.4, -0.2) is 6.36 Å². The van der Waals surface area contributed by atoms with E-state index in [4.69, 9.17) is 0 Å². The highest BCUT2D eigenvalue weighted by atomic mass is 19.4. The highest BCUT2D eigenvalue weighted by Crippen LogP contribution is 2.27. The summed E-state index contributed by atoms with van der Waals surface area (Å²) in [4.78, 5) is 0. The molecule has 3 aromatic rings. The molecule has 0 saturated heterocycles. The lowest BCUT2D eigenvalue weighted by Gasteiger charge is -2.11. The van der Waals surface area contributed by atoms with Gasteiger partial charge in [-0.05, 0) is 73.5 Å². The Labute approximate surface area is 176 Å². The third-order valence-electron chi connectivity index (χ3n) is 4.11. The van der Waals surface area contributed by atoms with E-state index in [2.05, 4.69) is 28.4 Å². The van der Waals surface area contributed by atoms with E-state index in [1.807, 2.05) is 0 Å². The quantitative estimate of drug-likeness (QED) is 0.329. The summed E-state index contributed by atoms with van der Waals surface area (Å²) in [5.41, 5.74) is 1.87. The molecule has 0 fully saturated rings. The highest BCUT2D eigenvalue weighted by molar-refractivity contribution is 5.52. The molecular formula is C25H15F5O. The number of aryl methyl sites for hydroxylation is 2. The highest BCUT2D eigenvalue weighted by Gasteiger charge is 2.32. The van der Waals surface area contributed by atoms with Crippen molar-refractivity contribution in [3.63, 3.8) is 0 Å². The van der Waals surface area contributed by atoms with E-state index in [-0.39, 0.29) is 16.9 Å². The SMILES string of the molecule is Cc1cc(F)c(C#Cc2ccc(C#Cc3ccc(C)cc3OC(F)(F)F)cc2)c(F)c1. The summed E-state index contributed by atoms with van der Waals surface area (Å²) in [6.07, 6.45) is -4.82. The Morgan fingerprint density at radius 2 is 1.23 bits per heavy atom. The molecule has 0 heterocycles. The molecule has 31 heavy (non-hydrogen) atoms. The molecule has 0 amide bonds. The minimum atomic E-state index is -4.82. The van der Waals surface area contributed by atoms with Crippen molar-refractivity contribution in [1.82, 2.24) is 0 Å². The molecule has 0 aliphatic heterocycles. The van der Waals surface area contributed by atoms with Crippen molar-refractivity contribution in [2.24, 2.45) is 0 Å². The molecule has 1 nitrogen and oxygen atoms in total. The zero-order valence-corrected chi connectivity index (χ0v) is 16.5. The summed E-state index contributed by atoms with van der Waals surface area (Å²) in [6, 6.07) is 13.2. The summed E-state index contributed by atoms with van der Waals surface area (Å²) < 4.78 is 69.5. The Morgan fingerprint density at radius 3 is 1.77 bits per heavy atom. The second kappa shape index (κ2) is 8.93. The third kappa shape index (κ3) is 6.10. The van der Waals surface area contributed by atoms with Crippen LogP contribution in [0.15, 0.2) is 54.6 Å². The number of benzene rings is 3. The van der Waals surface area contributed by atoms with Gasteiger partial charge in [0.15, 0.2) is 0 Å². The van der Waals surface area contributed by atoms with Crippen LogP contribution in [-0.2, 0) is 0 Å². The molecule has 0 radical (unpaired) electrons. The van der Waals surface area contributed by atoms with E-state index in [0.717, 1.165) is 0 Å². The van der Waals surface area contributed by atoms with Crippen LogP contribution in [0.3, 0.4) is 0 Å². The number of rotatable bonds is 1. The molecular weight excluding hydrogens is 411 g/mol. The minimum Gasteiger partial charge on any atom is -0.404 e. The van der Waals surface area contributed by atoms with Crippen LogP contribution in [0.1, 0.15) is 33.4 Å². The molecule has 156 valence electrons. The molecule has 0 aliphatic carbocycles. The Hall–Kier alpha value is -3.77. The van der Waals surface area contributed by atoms with Gasteiger partial charge in [0.1, 0.15) is 17.4 Å². The first-order valence-corrected chi connectivity index (χ1v) is 9.07. The van der Waals surface area contributed by atoms with Gasteiger partial charge in [-0.25, -0.2) is 8.78 Å². The lowest BCUT2D eigenvalue weighted by molar-refractivity contribution is -0.274. The Kier molecular flexibility index (Phi) is 6.32. The van der Waals surface area contributed by atoms with Gasteiger partial charge in [-0.2, -0.15) is 0 Å². The number of ether oxygens (including phenoxy) is 1. The summed E-state index contributed by atoms with van der Waals surface area (Å²) >= 11 is 0. The first kappa shape index (κ1) is 21.9. The summed E-state index contributed by atoms with van der Waals surface area (Å²) in [7, 11) is 0. The average molecular weight is 426 g/mol. The number of hydrogen-bond donors (Lipinski definition) is 0. The van der Waals surface area contributed by atoms with Crippen molar-refractivity contribution in [2.45, 2.75) is 20.2 Å². The second-order valence-electron chi connectivity index (χ2n) is 6.73. The number of hydrogen-bond acceptors (Lipinski definition) is 1. The molecule has 0 unspecified atom stereocenters. The molecule has 0 N–H and O–H groups in total. The summed E-state index contributed by atoms with van der Waals surface area (Å²) in [5, 5.41) is 0. The lowest BCUT2D eigenvalue weighted by atomic mass is 10.1. The van der Waals surface area contributed by atoms with Crippen molar-refractivity contribution < 1.29 is 26.7 Å². The van der Waals surface area contributed by atoms with E-state index in [9.17, 15) is 22.0 Å². The van der Waals surface area contributed by atoms with Crippen LogP contribution < -0.4 is 4.74 Å². The predicted octanol–water partition coefficient (Wildman–Crippen LogP) is 6.28. The molecule has 0 atom stereocenters. The van der Waals surface area contributed by atoms with Gasteiger partial charge >= 0.3 is 6.36 Å². The van der Waals surface area contributed by atoms with Gasteiger partial charge in [-0.3, -0.25) is 0 Å². The van der Waals surface area contributed by atoms with Crippen LogP contribution in [0, 0.1) is 49.2 Å². The van der Waals surface area contributed by atoms with E-state index in [0.29, 0.717) is 22.3 Å². The fourth-order valence-electron chi connectivity index (χ4n) is 2.67. The van der Waals surface area contributed by atoms with Crippen LogP contribution >= 0.6 is 0 Å². The zero-order chi connectivity index (χ0) is 22.6. The van der Waals surface area contributed by atoms with Crippen molar-refractivity contribution in [3.05, 3.63) is 99.6 Å². The second-order valence-corrected chi connectivity index (χ2v) is 6.73. The van der Waals surface area contributed by atoms with Crippen LogP contribution in [0.2, 0.25) is 0 Å². The summed E-state index contributed by atoms with van der Waals surface area (Å²) in [6.45, 7) is 3.23. The maximum atomic E-state index is 13.9. The fourth-order valence-corrected chi connectivity index (χ4v) is 2.67. The molecule has 0 aliphatic rings. The van der Waals surface area contributed by atoms with Crippen LogP contribution in [0.25, 0.3) is 0 Å². The van der Waals surface area contributed by atoms with Gasteiger partial charge in [0.25, 0.3) is 0 Å². The first-order valence-electron chi connectivity index (χ1n) is 9.07. The number of alkyl halides is 3. The van der Waals surface area contributed by atoms with Crippen LogP contribution in [0.4, 0.5) is 22.0 Å². The normalized spacial score (nSPS) is 10.5. The topological polar surface area (TPSA) is 9.23 Å². The van der Waals surface area contributed by atoms with Crippen LogP contribution in [0.5, 0.6) is 5.75 Å². The van der Waals surface area contributed by atoms with E-state index >= 15 is 0 Å². The van der Waals surface area contributed by atoms with Gasteiger partial charge in [0.2, 0.25) is 0 Å². The maximum absolute atomic E-state index is 13.9. The molecule has 6 heteroatoms. The first-order chi connectivity index (χ1) is 14.6. The largest absolute Gasteiger partial charge is 0.573 e.